The third kappa shape index (κ3) is 2.33. The van der Waals surface area contributed by atoms with Crippen LogP contribution in [0.1, 0.15) is 5.56 Å². The molecule has 9 heteroatoms. The summed E-state index contributed by atoms with van der Waals surface area (Å²) >= 11 is 0. The molecule has 1 aromatic carbocycles. The molecule has 5 N–H and O–H groups in total. The molecule has 23 heavy (non-hydrogen) atoms. The Kier molecular flexibility index (Phi) is 2.90. The summed E-state index contributed by atoms with van der Waals surface area (Å²) in [7, 11) is 0. The van der Waals surface area contributed by atoms with Crippen LogP contribution in [0.4, 0.5) is 11.6 Å². The molecule has 0 atom stereocenters. The second-order valence-corrected chi connectivity index (χ2v) is 5.05. The first-order valence-electron chi connectivity index (χ1n) is 6.90. The summed E-state index contributed by atoms with van der Waals surface area (Å²) in [6.45, 7) is 0.529. The maximum atomic E-state index is 5.83. The van der Waals surface area contributed by atoms with Crippen molar-refractivity contribution < 1.29 is 0 Å². The van der Waals surface area contributed by atoms with Crippen molar-refractivity contribution in [3.05, 3.63) is 42.4 Å². The Morgan fingerprint density at radius 3 is 2.87 bits per heavy atom. The Hall–Kier alpha value is -3.49. The average molecular weight is 307 g/mol. The summed E-state index contributed by atoms with van der Waals surface area (Å²) < 4.78 is 1.75. The molecular weight excluding hydrogens is 294 g/mol. The van der Waals surface area contributed by atoms with E-state index in [4.69, 9.17) is 11.5 Å². The minimum Gasteiger partial charge on any atom is -0.399 e. The van der Waals surface area contributed by atoms with Gasteiger partial charge in [-0.15, -0.1) is 0 Å². The molecule has 0 saturated heterocycles. The van der Waals surface area contributed by atoms with Crippen LogP contribution in [0, 0.1) is 0 Å². The van der Waals surface area contributed by atoms with Crippen molar-refractivity contribution in [3.8, 4) is 11.5 Å². The molecule has 0 radical (unpaired) electrons. The van der Waals surface area contributed by atoms with Crippen molar-refractivity contribution in [1.82, 2.24) is 34.9 Å². The number of nitrogen functional groups attached to an aromatic ring is 2. The Balaban J connectivity index is 1.83. The molecule has 0 aliphatic rings. The van der Waals surface area contributed by atoms with Crippen LogP contribution in [-0.2, 0) is 6.54 Å². The third-order valence-corrected chi connectivity index (χ3v) is 3.44. The fourth-order valence-corrected chi connectivity index (χ4v) is 2.45. The molecule has 0 saturated carbocycles. The lowest BCUT2D eigenvalue weighted by Crippen LogP contribution is -2.05. The van der Waals surface area contributed by atoms with Crippen molar-refractivity contribution >= 4 is 22.7 Å². The van der Waals surface area contributed by atoms with Crippen LogP contribution in [-0.4, -0.2) is 34.9 Å². The highest BCUT2D eigenvalue weighted by molar-refractivity contribution is 5.88. The van der Waals surface area contributed by atoms with E-state index in [0.717, 1.165) is 10.9 Å². The van der Waals surface area contributed by atoms with E-state index >= 15 is 0 Å². The number of fused-ring (bicyclic) bond motifs is 1. The Bertz CT molecular complexity index is 971. The fraction of sp³-hybridized carbons (Fsp3) is 0.0714. The molecule has 0 aliphatic carbocycles. The minimum absolute atomic E-state index is 0.151. The summed E-state index contributed by atoms with van der Waals surface area (Å²) in [6.07, 6.45) is 3.11. The maximum Gasteiger partial charge on any atom is 0.222 e. The third-order valence-electron chi connectivity index (χ3n) is 3.44. The zero-order valence-electron chi connectivity index (χ0n) is 12.0. The van der Waals surface area contributed by atoms with Gasteiger partial charge in [-0.05, 0) is 17.7 Å². The van der Waals surface area contributed by atoms with E-state index < -0.39 is 0 Å². The van der Waals surface area contributed by atoms with Crippen molar-refractivity contribution in [3.63, 3.8) is 0 Å². The first-order chi connectivity index (χ1) is 11.2. The molecule has 0 unspecified atom stereocenters. The van der Waals surface area contributed by atoms with E-state index in [0.29, 0.717) is 29.4 Å². The number of rotatable bonds is 3. The predicted octanol–water partition coefficient (Wildman–Crippen LogP) is 0.824. The predicted molar refractivity (Wildman–Crippen MR) is 85.1 cm³/mol. The topological polar surface area (TPSA) is 137 Å². The molecule has 0 aliphatic heterocycles. The van der Waals surface area contributed by atoms with Crippen LogP contribution >= 0.6 is 0 Å². The van der Waals surface area contributed by atoms with Gasteiger partial charge in [0.05, 0.1) is 18.1 Å². The van der Waals surface area contributed by atoms with E-state index in [2.05, 4.69) is 30.2 Å². The largest absolute Gasteiger partial charge is 0.399 e. The van der Waals surface area contributed by atoms with E-state index in [1.165, 1.54) is 6.33 Å². The standard InChI is InChI=1S/C14H13N9/c15-9-3-1-2-8(4-9)6-23-13-10(5-19-23)11(20-14(16)21-13)12-17-7-18-22-12/h1-5,7H,6,15H2,(H2,16,20,21)(H,17,18,22). The molecule has 9 nitrogen and oxygen atoms in total. The van der Waals surface area contributed by atoms with Crippen LogP contribution in [0.3, 0.4) is 0 Å². The van der Waals surface area contributed by atoms with E-state index in [-0.39, 0.29) is 5.95 Å². The quantitative estimate of drug-likeness (QED) is 0.476. The van der Waals surface area contributed by atoms with Gasteiger partial charge in [0.25, 0.3) is 0 Å². The van der Waals surface area contributed by atoms with Gasteiger partial charge in [0.1, 0.15) is 12.0 Å². The summed E-state index contributed by atoms with van der Waals surface area (Å²) in [6, 6.07) is 7.62. The number of hydrogen-bond donors (Lipinski definition) is 3. The van der Waals surface area contributed by atoms with Gasteiger partial charge in [0.2, 0.25) is 5.95 Å². The van der Waals surface area contributed by atoms with Crippen molar-refractivity contribution in [2.75, 3.05) is 11.5 Å². The van der Waals surface area contributed by atoms with Crippen LogP contribution in [0.2, 0.25) is 0 Å². The second kappa shape index (κ2) is 5.05. The lowest BCUT2D eigenvalue weighted by Gasteiger charge is -2.05. The smallest absolute Gasteiger partial charge is 0.222 e. The molecular formula is C14H13N9. The molecule has 0 spiro atoms. The van der Waals surface area contributed by atoms with E-state index in [1.54, 1.807) is 10.9 Å². The number of aromatic nitrogens is 7. The summed E-state index contributed by atoms with van der Waals surface area (Å²) in [4.78, 5) is 12.7. The average Bonchev–Trinajstić information content (AvgIpc) is 3.17. The number of anilines is 2. The number of nitrogens with zero attached hydrogens (tertiary/aromatic N) is 6. The fourth-order valence-electron chi connectivity index (χ4n) is 2.45. The van der Waals surface area contributed by atoms with Crippen molar-refractivity contribution in [1.29, 1.82) is 0 Å². The summed E-state index contributed by atoms with van der Waals surface area (Å²) in [5.41, 5.74) is 14.6. The molecule has 0 bridgehead atoms. The van der Waals surface area contributed by atoms with Gasteiger partial charge in [-0.2, -0.15) is 15.2 Å². The first kappa shape index (κ1) is 13.2. The van der Waals surface area contributed by atoms with E-state index in [1.807, 2.05) is 24.3 Å². The van der Waals surface area contributed by atoms with Gasteiger partial charge in [-0.25, -0.2) is 14.6 Å². The highest BCUT2D eigenvalue weighted by Gasteiger charge is 2.15. The molecule has 0 amide bonds. The lowest BCUT2D eigenvalue weighted by atomic mass is 10.2. The highest BCUT2D eigenvalue weighted by Crippen LogP contribution is 2.24. The minimum atomic E-state index is 0.151. The zero-order chi connectivity index (χ0) is 15.8. The van der Waals surface area contributed by atoms with Crippen LogP contribution < -0.4 is 11.5 Å². The van der Waals surface area contributed by atoms with Crippen molar-refractivity contribution in [2.24, 2.45) is 0 Å². The number of nitrogens with one attached hydrogen (secondary N) is 1. The lowest BCUT2D eigenvalue weighted by molar-refractivity contribution is 0.704. The Morgan fingerprint density at radius 2 is 2.09 bits per heavy atom. The molecule has 3 heterocycles. The number of hydrogen-bond acceptors (Lipinski definition) is 7. The zero-order valence-corrected chi connectivity index (χ0v) is 12.0. The van der Waals surface area contributed by atoms with Gasteiger partial charge in [-0.1, -0.05) is 12.1 Å². The number of H-pyrrole nitrogens is 1. The maximum absolute atomic E-state index is 5.83. The molecule has 4 aromatic rings. The van der Waals surface area contributed by atoms with Gasteiger partial charge in [0, 0.05) is 5.69 Å². The Labute approximate surface area is 130 Å². The van der Waals surface area contributed by atoms with Crippen molar-refractivity contribution in [2.45, 2.75) is 6.54 Å². The summed E-state index contributed by atoms with van der Waals surface area (Å²) in [5.74, 6) is 0.672. The molecule has 0 fully saturated rings. The number of aromatic amines is 1. The Morgan fingerprint density at radius 1 is 1.17 bits per heavy atom. The van der Waals surface area contributed by atoms with Gasteiger partial charge in [-0.3, -0.25) is 5.10 Å². The molecule has 114 valence electrons. The normalized spacial score (nSPS) is 11.1. The van der Waals surface area contributed by atoms with Gasteiger partial charge < -0.3 is 11.5 Å². The number of nitrogens with two attached hydrogens (primary N) is 2. The van der Waals surface area contributed by atoms with E-state index in [9.17, 15) is 0 Å². The highest BCUT2D eigenvalue weighted by atomic mass is 15.3. The van der Waals surface area contributed by atoms with Crippen LogP contribution in [0.25, 0.3) is 22.6 Å². The van der Waals surface area contributed by atoms with Gasteiger partial charge >= 0.3 is 0 Å². The second-order valence-electron chi connectivity index (χ2n) is 5.05. The molecule has 3 aromatic heterocycles. The van der Waals surface area contributed by atoms with Gasteiger partial charge in [0.15, 0.2) is 11.5 Å². The number of benzene rings is 1. The SMILES string of the molecule is Nc1cccc(Cn2ncc3c(-c4ncn[nH]4)nc(N)nc32)c1. The summed E-state index contributed by atoms with van der Waals surface area (Å²) in [5, 5.41) is 11.8. The molecule has 4 rings (SSSR count). The van der Waals surface area contributed by atoms with Crippen LogP contribution in [0.5, 0.6) is 0 Å². The van der Waals surface area contributed by atoms with Crippen LogP contribution in [0.15, 0.2) is 36.8 Å². The monoisotopic (exact) mass is 307 g/mol. The first-order valence-corrected chi connectivity index (χ1v) is 6.90.